The first-order chi connectivity index (χ1) is 14.7. The Hall–Kier alpha value is -3.46. The topological polar surface area (TPSA) is 37.4 Å². The zero-order valence-corrected chi connectivity index (χ0v) is 16.9. The highest BCUT2D eigenvalue weighted by molar-refractivity contribution is 6.15. The number of anilines is 1. The molecule has 0 aromatic heterocycles. The van der Waals surface area contributed by atoms with Crippen LogP contribution in [0.2, 0.25) is 0 Å². The fourth-order valence-electron chi connectivity index (χ4n) is 5.05. The SMILES string of the molecule is Cc1ccc([C@@]23CC=C(c4ccccc4)[C@@H](CC=O)N2c2ccccc2C3=O)cc1. The third-order valence-corrected chi connectivity index (χ3v) is 6.44. The van der Waals surface area contributed by atoms with Crippen LogP contribution >= 0.6 is 0 Å². The van der Waals surface area contributed by atoms with Gasteiger partial charge in [0.25, 0.3) is 0 Å². The van der Waals surface area contributed by atoms with E-state index in [1.165, 1.54) is 0 Å². The number of aryl methyl sites for hydroxylation is 1. The summed E-state index contributed by atoms with van der Waals surface area (Å²) < 4.78 is 0. The molecule has 3 aromatic rings. The maximum atomic E-state index is 13.9. The monoisotopic (exact) mass is 393 g/mol. The summed E-state index contributed by atoms with van der Waals surface area (Å²) in [6.45, 7) is 2.05. The van der Waals surface area contributed by atoms with E-state index in [1.54, 1.807) is 0 Å². The van der Waals surface area contributed by atoms with E-state index in [2.05, 4.69) is 47.4 Å². The molecule has 3 aromatic carbocycles. The predicted octanol–water partition coefficient (Wildman–Crippen LogP) is 5.34. The van der Waals surface area contributed by atoms with Crippen molar-refractivity contribution in [2.45, 2.75) is 31.3 Å². The Morgan fingerprint density at radius 1 is 0.967 bits per heavy atom. The van der Waals surface area contributed by atoms with Crippen LogP contribution in [0.5, 0.6) is 0 Å². The van der Waals surface area contributed by atoms with Crippen molar-refractivity contribution in [3.8, 4) is 0 Å². The highest BCUT2D eigenvalue weighted by Gasteiger charge is 2.56. The quantitative estimate of drug-likeness (QED) is 0.562. The van der Waals surface area contributed by atoms with E-state index in [-0.39, 0.29) is 11.8 Å². The van der Waals surface area contributed by atoms with E-state index in [9.17, 15) is 9.59 Å². The Morgan fingerprint density at radius 3 is 2.40 bits per heavy atom. The first-order valence-electron chi connectivity index (χ1n) is 10.4. The molecule has 0 saturated heterocycles. The Balaban J connectivity index is 1.77. The second-order valence-corrected chi connectivity index (χ2v) is 8.09. The number of nitrogens with zero attached hydrogens (tertiary/aromatic N) is 1. The molecule has 2 aliphatic heterocycles. The molecule has 2 aliphatic rings. The van der Waals surface area contributed by atoms with Gasteiger partial charge in [-0.25, -0.2) is 0 Å². The third-order valence-electron chi connectivity index (χ3n) is 6.44. The van der Waals surface area contributed by atoms with Crippen LogP contribution < -0.4 is 4.90 Å². The number of Topliss-reactive ketones (excluding diaryl/α,β-unsaturated/α-hetero) is 1. The van der Waals surface area contributed by atoms with Crippen molar-refractivity contribution < 1.29 is 9.59 Å². The number of carbonyl (C=O) groups is 2. The van der Waals surface area contributed by atoms with Gasteiger partial charge in [0.1, 0.15) is 11.8 Å². The molecule has 5 rings (SSSR count). The Kier molecular flexibility index (Phi) is 4.39. The van der Waals surface area contributed by atoms with Gasteiger partial charge in [-0.2, -0.15) is 0 Å². The minimum atomic E-state index is -0.816. The van der Waals surface area contributed by atoms with Crippen LogP contribution in [0.4, 0.5) is 5.69 Å². The van der Waals surface area contributed by atoms with Crippen LogP contribution in [0.25, 0.3) is 5.57 Å². The van der Waals surface area contributed by atoms with E-state index in [0.717, 1.165) is 39.8 Å². The van der Waals surface area contributed by atoms with Crippen LogP contribution in [-0.2, 0) is 10.3 Å². The van der Waals surface area contributed by atoms with Gasteiger partial charge in [-0.3, -0.25) is 4.79 Å². The van der Waals surface area contributed by atoms with Gasteiger partial charge in [-0.05, 0) is 35.8 Å². The molecule has 30 heavy (non-hydrogen) atoms. The first-order valence-corrected chi connectivity index (χ1v) is 10.4. The summed E-state index contributed by atoms with van der Waals surface area (Å²) in [5.41, 5.74) is 5.17. The number of benzene rings is 3. The molecule has 0 saturated carbocycles. The normalized spacial score (nSPS) is 22.3. The molecule has 0 fully saturated rings. The highest BCUT2D eigenvalue weighted by atomic mass is 16.1. The molecule has 0 bridgehead atoms. The van der Waals surface area contributed by atoms with Gasteiger partial charge < -0.3 is 9.69 Å². The second-order valence-electron chi connectivity index (χ2n) is 8.09. The minimum Gasteiger partial charge on any atom is -0.346 e. The van der Waals surface area contributed by atoms with Crippen molar-refractivity contribution in [3.05, 3.63) is 107 Å². The summed E-state index contributed by atoms with van der Waals surface area (Å²) >= 11 is 0. The fourth-order valence-corrected chi connectivity index (χ4v) is 5.05. The number of fused-ring (bicyclic) bond motifs is 3. The van der Waals surface area contributed by atoms with E-state index in [4.69, 9.17) is 0 Å². The Morgan fingerprint density at radius 2 is 1.67 bits per heavy atom. The summed E-state index contributed by atoms with van der Waals surface area (Å²) in [7, 11) is 0. The van der Waals surface area contributed by atoms with Crippen molar-refractivity contribution in [2.24, 2.45) is 0 Å². The molecular formula is C27H23NO2. The lowest BCUT2D eigenvalue weighted by molar-refractivity contribution is -0.108. The lowest BCUT2D eigenvalue weighted by Crippen LogP contribution is -2.55. The molecule has 3 heteroatoms. The summed E-state index contributed by atoms with van der Waals surface area (Å²) in [5, 5.41) is 0. The smallest absolute Gasteiger partial charge is 0.195 e. The summed E-state index contributed by atoms with van der Waals surface area (Å²) in [6.07, 6.45) is 4.04. The molecule has 2 atom stereocenters. The maximum Gasteiger partial charge on any atom is 0.195 e. The van der Waals surface area contributed by atoms with E-state index < -0.39 is 5.54 Å². The largest absolute Gasteiger partial charge is 0.346 e. The van der Waals surface area contributed by atoms with Gasteiger partial charge in [0.15, 0.2) is 5.78 Å². The van der Waals surface area contributed by atoms with Gasteiger partial charge in [0.05, 0.1) is 6.04 Å². The molecule has 0 N–H and O–H groups in total. The van der Waals surface area contributed by atoms with Crippen molar-refractivity contribution in [2.75, 3.05) is 4.90 Å². The van der Waals surface area contributed by atoms with Crippen LogP contribution in [0.1, 0.15) is 39.9 Å². The number of hydrogen-bond donors (Lipinski definition) is 0. The van der Waals surface area contributed by atoms with Gasteiger partial charge >= 0.3 is 0 Å². The first kappa shape index (κ1) is 18.6. The van der Waals surface area contributed by atoms with Crippen molar-refractivity contribution in [1.82, 2.24) is 0 Å². The molecule has 0 amide bonds. The van der Waals surface area contributed by atoms with Gasteiger partial charge in [-0.15, -0.1) is 0 Å². The highest BCUT2D eigenvalue weighted by Crippen LogP contribution is 2.53. The zero-order valence-electron chi connectivity index (χ0n) is 16.9. The summed E-state index contributed by atoms with van der Waals surface area (Å²) in [6, 6.07) is 26.0. The molecule has 0 aliphatic carbocycles. The van der Waals surface area contributed by atoms with Crippen LogP contribution in [0.15, 0.2) is 84.9 Å². The zero-order chi connectivity index (χ0) is 20.7. The van der Waals surface area contributed by atoms with Crippen LogP contribution in [-0.4, -0.2) is 18.1 Å². The van der Waals surface area contributed by atoms with E-state index in [0.29, 0.717) is 12.8 Å². The van der Waals surface area contributed by atoms with Crippen LogP contribution in [0.3, 0.4) is 0 Å². The van der Waals surface area contributed by atoms with Crippen molar-refractivity contribution in [1.29, 1.82) is 0 Å². The number of para-hydroxylation sites is 1. The minimum absolute atomic E-state index is 0.112. The molecule has 148 valence electrons. The molecule has 0 spiro atoms. The summed E-state index contributed by atoms with van der Waals surface area (Å²) in [4.78, 5) is 27.9. The lowest BCUT2D eigenvalue weighted by atomic mass is 9.75. The van der Waals surface area contributed by atoms with Crippen molar-refractivity contribution >= 4 is 23.3 Å². The molecule has 0 radical (unpaired) electrons. The van der Waals surface area contributed by atoms with Crippen LogP contribution in [0, 0.1) is 6.92 Å². The van der Waals surface area contributed by atoms with Gasteiger partial charge in [0.2, 0.25) is 0 Å². The standard InChI is InChI=1S/C27H23NO2/c1-19-11-13-21(14-12-19)27-17-15-22(20-7-3-2-4-8-20)25(16-18-29)28(27)24-10-6-5-9-23(24)26(27)30/h2-15,18,25H,16-17H2,1H3/t25-,27-/m1/s1. The average molecular weight is 393 g/mol. The Labute approximate surface area is 176 Å². The molecule has 2 heterocycles. The van der Waals surface area contributed by atoms with Crippen molar-refractivity contribution in [3.63, 3.8) is 0 Å². The summed E-state index contributed by atoms with van der Waals surface area (Å²) in [5.74, 6) is 0.112. The fraction of sp³-hybridized carbons (Fsp3) is 0.185. The average Bonchev–Trinajstić information content (AvgIpc) is 3.05. The third kappa shape index (κ3) is 2.58. The predicted molar refractivity (Wildman–Crippen MR) is 120 cm³/mol. The van der Waals surface area contributed by atoms with Gasteiger partial charge in [0, 0.05) is 24.1 Å². The number of ketones is 1. The molecule has 0 unspecified atom stereocenters. The number of rotatable bonds is 4. The van der Waals surface area contributed by atoms with E-state index >= 15 is 0 Å². The molecule has 3 nitrogen and oxygen atoms in total. The van der Waals surface area contributed by atoms with E-state index in [1.807, 2.05) is 49.4 Å². The van der Waals surface area contributed by atoms with Gasteiger partial charge in [-0.1, -0.05) is 78.4 Å². The number of carbonyl (C=O) groups excluding carboxylic acids is 2. The maximum absolute atomic E-state index is 13.9. The molecular weight excluding hydrogens is 370 g/mol. The number of aldehydes is 1. The second kappa shape index (κ2) is 7.10. The number of hydrogen-bond acceptors (Lipinski definition) is 3. The Bertz CT molecular complexity index is 1150. The lowest BCUT2D eigenvalue weighted by Gasteiger charge is -2.47.